The highest BCUT2D eigenvalue weighted by Crippen LogP contribution is 2.26. The molecule has 21 heavy (non-hydrogen) atoms. The van der Waals surface area contributed by atoms with Crippen LogP contribution in [-0.4, -0.2) is 53.1 Å². The van der Waals surface area contributed by atoms with E-state index in [9.17, 15) is 5.11 Å². The van der Waals surface area contributed by atoms with Gasteiger partial charge in [0.2, 0.25) is 0 Å². The Morgan fingerprint density at radius 1 is 0.952 bits per heavy atom. The van der Waals surface area contributed by atoms with Crippen LogP contribution in [0.4, 0.5) is 0 Å². The third-order valence-electron chi connectivity index (χ3n) is 4.31. The van der Waals surface area contributed by atoms with Gasteiger partial charge in [0, 0.05) is 19.6 Å². The van der Waals surface area contributed by atoms with Crippen LogP contribution in [0.2, 0.25) is 0 Å². The van der Waals surface area contributed by atoms with Gasteiger partial charge in [-0.2, -0.15) is 0 Å². The summed E-state index contributed by atoms with van der Waals surface area (Å²) in [5.41, 5.74) is 3.81. The number of aliphatic hydroxyl groups is 3. The summed E-state index contributed by atoms with van der Waals surface area (Å²) in [5, 5.41) is 28.3. The van der Waals surface area contributed by atoms with E-state index in [-0.39, 0.29) is 13.2 Å². The minimum absolute atomic E-state index is 0.0783. The Kier molecular flexibility index (Phi) is 6.64. The van der Waals surface area contributed by atoms with Crippen molar-refractivity contribution in [3.8, 4) is 0 Å². The predicted molar refractivity (Wildman–Crippen MR) is 83.3 cm³/mol. The van der Waals surface area contributed by atoms with Gasteiger partial charge in [0.25, 0.3) is 0 Å². The molecule has 4 nitrogen and oxygen atoms in total. The minimum Gasteiger partial charge on any atom is -0.395 e. The lowest BCUT2D eigenvalue weighted by Crippen LogP contribution is -2.31. The fourth-order valence-electron chi connectivity index (χ4n) is 3.05. The second-order valence-corrected chi connectivity index (χ2v) is 5.83. The summed E-state index contributed by atoms with van der Waals surface area (Å²) in [7, 11) is 0. The zero-order valence-corrected chi connectivity index (χ0v) is 12.7. The molecule has 1 aromatic rings. The Balaban J connectivity index is 1.91. The summed E-state index contributed by atoms with van der Waals surface area (Å²) in [6, 6.07) is 6.35. The molecule has 118 valence electrons. The van der Waals surface area contributed by atoms with Crippen molar-refractivity contribution in [1.29, 1.82) is 0 Å². The maximum atomic E-state index is 10.4. The number of aryl methyl sites for hydroxylation is 2. The summed E-state index contributed by atoms with van der Waals surface area (Å²) in [4.78, 5) is 1.97. The fourth-order valence-corrected chi connectivity index (χ4v) is 3.05. The van der Waals surface area contributed by atoms with Crippen LogP contribution in [0.15, 0.2) is 18.2 Å². The Labute approximate surface area is 127 Å². The zero-order valence-electron chi connectivity index (χ0n) is 12.7. The van der Waals surface area contributed by atoms with Crippen LogP contribution in [0.25, 0.3) is 0 Å². The molecule has 0 aliphatic heterocycles. The highest BCUT2D eigenvalue weighted by atomic mass is 16.3. The highest BCUT2D eigenvalue weighted by Gasteiger charge is 2.14. The van der Waals surface area contributed by atoms with Crippen LogP contribution in [-0.2, 0) is 12.8 Å². The van der Waals surface area contributed by atoms with Crippen molar-refractivity contribution < 1.29 is 15.3 Å². The molecule has 0 fully saturated rings. The SMILES string of the molecule is OCCN(CCO)CCC(O)c1ccc2c(c1)CCCC2. The van der Waals surface area contributed by atoms with Gasteiger partial charge >= 0.3 is 0 Å². The van der Waals surface area contributed by atoms with Gasteiger partial charge in [-0.15, -0.1) is 0 Å². The van der Waals surface area contributed by atoms with Crippen molar-refractivity contribution in [2.24, 2.45) is 0 Å². The van der Waals surface area contributed by atoms with Crippen molar-refractivity contribution >= 4 is 0 Å². The average Bonchev–Trinajstić information content (AvgIpc) is 2.52. The molecule has 2 rings (SSSR count). The number of benzene rings is 1. The van der Waals surface area contributed by atoms with Crippen molar-refractivity contribution in [3.05, 3.63) is 34.9 Å². The molecule has 0 heterocycles. The number of nitrogens with zero attached hydrogens (tertiary/aromatic N) is 1. The molecular weight excluding hydrogens is 266 g/mol. The van der Waals surface area contributed by atoms with Crippen molar-refractivity contribution in [3.63, 3.8) is 0 Å². The van der Waals surface area contributed by atoms with Gasteiger partial charge in [-0.05, 0) is 48.8 Å². The zero-order chi connectivity index (χ0) is 15.1. The van der Waals surface area contributed by atoms with E-state index in [4.69, 9.17) is 10.2 Å². The molecule has 3 N–H and O–H groups in total. The van der Waals surface area contributed by atoms with Crippen LogP contribution in [0.1, 0.15) is 42.1 Å². The van der Waals surface area contributed by atoms with Crippen molar-refractivity contribution in [1.82, 2.24) is 4.90 Å². The number of aliphatic hydroxyl groups excluding tert-OH is 3. The molecule has 0 bridgehead atoms. The van der Waals surface area contributed by atoms with Gasteiger partial charge in [0.05, 0.1) is 19.3 Å². The number of hydrogen-bond donors (Lipinski definition) is 3. The van der Waals surface area contributed by atoms with E-state index in [0.717, 1.165) is 18.4 Å². The summed E-state index contributed by atoms with van der Waals surface area (Å²) in [6.07, 6.45) is 4.94. The first kappa shape index (κ1) is 16.4. The summed E-state index contributed by atoms with van der Waals surface area (Å²) in [6.45, 7) is 1.91. The summed E-state index contributed by atoms with van der Waals surface area (Å²) >= 11 is 0. The van der Waals surface area contributed by atoms with Gasteiger partial charge in [-0.25, -0.2) is 0 Å². The Morgan fingerprint density at radius 3 is 2.29 bits per heavy atom. The minimum atomic E-state index is -0.475. The molecular formula is C17H27NO3. The van der Waals surface area contributed by atoms with Crippen LogP contribution >= 0.6 is 0 Å². The van der Waals surface area contributed by atoms with E-state index < -0.39 is 6.10 Å². The van der Waals surface area contributed by atoms with Crippen LogP contribution in [0.5, 0.6) is 0 Å². The lowest BCUT2D eigenvalue weighted by Gasteiger charge is -2.23. The third kappa shape index (κ3) is 4.78. The fraction of sp³-hybridized carbons (Fsp3) is 0.647. The van der Waals surface area contributed by atoms with Crippen molar-refractivity contribution in [2.75, 3.05) is 32.8 Å². The molecule has 0 saturated heterocycles. The van der Waals surface area contributed by atoms with E-state index in [1.165, 1.54) is 24.0 Å². The smallest absolute Gasteiger partial charge is 0.0802 e. The molecule has 0 radical (unpaired) electrons. The van der Waals surface area contributed by atoms with Crippen molar-refractivity contribution in [2.45, 2.75) is 38.2 Å². The van der Waals surface area contributed by atoms with Crippen LogP contribution in [0.3, 0.4) is 0 Å². The summed E-state index contributed by atoms with van der Waals surface area (Å²) in [5.74, 6) is 0. The molecule has 1 unspecified atom stereocenters. The quantitative estimate of drug-likeness (QED) is 0.675. The Bertz CT molecular complexity index is 430. The average molecular weight is 293 g/mol. The lowest BCUT2D eigenvalue weighted by atomic mass is 9.89. The standard InChI is InChI=1S/C17H27NO3/c19-11-9-18(10-12-20)8-7-17(21)16-6-5-14-3-1-2-4-15(14)13-16/h5-6,13,17,19-21H,1-4,7-12H2. The van der Waals surface area contributed by atoms with E-state index >= 15 is 0 Å². The maximum Gasteiger partial charge on any atom is 0.0802 e. The summed E-state index contributed by atoms with van der Waals surface area (Å²) < 4.78 is 0. The lowest BCUT2D eigenvalue weighted by molar-refractivity contribution is 0.118. The molecule has 0 amide bonds. The van der Waals surface area contributed by atoms with Gasteiger partial charge < -0.3 is 15.3 Å². The van der Waals surface area contributed by atoms with E-state index in [1.807, 2.05) is 11.0 Å². The molecule has 0 saturated carbocycles. The Morgan fingerprint density at radius 2 is 1.62 bits per heavy atom. The van der Waals surface area contributed by atoms with E-state index in [2.05, 4.69) is 12.1 Å². The van der Waals surface area contributed by atoms with Gasteiger partial charge in [0.15, 0.2) is 0 Å². The monoisotopic (exact) mass is 293 g/mol. The second kappa shape index (κ2) is 8.49. The number of hydrogen-bond acceptors (Lipinski definition) is 4. The van der Waals surface area contributed by atoms with E-state index in [1.54, 1.807) is 0 Å². The first-order valence-electron chi connectivity index (χ1n) is 7.98. The normalized spacial score (nSPS) is 16.0. The molecule has 0 aromatic heterocycles. The highest BCUT2D eigenvalue weighted by molar-refractivity contribution is 5.34. The molecule has 1 aliphatic rings. The number of fused-ring (bicyclic) bond motifs is 1. The van der Waals surface area contributed by atoms with Crippen LogP contribution in [0, 0.1) is 0 Å². The van der Waals surface area contributed by atoms with Gasteiger partial charge in [-0.1, -0.05) is 18.2 Å². The first-order valence-corrected chi connectivity index (χ1v) is 7.98. The number of rotatable bonds is 8. The Hall–Kier alpha value is -0.940. The topological polar surface area (TPSA) is 63.9 Å². The third-order valence-corrected chi connectivity index (χ3v) is 4.31. The first-order chi connectivity index (χ1) is 10.2. The van der Waals surface area contributed by atoms with Gasteiger partial charge in [-0.3, -0.25) is 4.90 Å². The molecule has 1 aliphatic carbocycles. The van der Waals surface area contributed by atoms with Gasteiger partial charge in [0.1, 0.15) is 0 Å². The van der Waals surface area contributed by atoms with Crippen LogP contribution < -0.4 is 0 Å². The van der Waals surface area contributed by atoms with E-state index in [0.29, 0.717) is 26.1 Å². The molecule has 4 heteroatoms. The molecule has 1 aromatic carbocycles. The second-order valence-electron chi connectivity index (χ2n) is 5.83. The largest absolute Gasteiger partial charge is 0.395 e. The molecule has 1 atom stereocenters. The molecule has 0 spiro atoms. The maximum absolute atomic E-state index is 10.4. The predicted octanol–water partition coefficient (Wildman–Crippen LogP) is 1.28.